The van der Waals surface area contributed by atoms with Crippen LogP contribution in [-0.4, -0.2) is 11.5 Å². The van der Waals surface area contributed by atoms with Crippen LogP contribution in [0, 0.1) is 5.92 Å². The molecule has 2 aliphatic rings. The summed E-state index contributed by atoms with van der Waals surface area (Å²) >= 11 is 0. The number of hydrogen-bond acceptors (Lipinski definition) is 2. The standard InChI is InChI=1S/C12H13NO/c1-7-4-5-8(2)12-11(7)10(14)6-9(3)13-12/h4-6,11H,1-3H3. The van der Waals surface area contributed by atoms with Crippen molar-refractivity contribution in [3.8, 4) is 0 Å². The SMILES string of the molecule is CC1=CC(=O)C2C(C)=CC=C(C)C2=N1. The van der Waals surface area contributed by atoms with Crippen LogP contribution in [-0.2, 0) is 4.79 Å². The largest absolute Gasteiger partial charge is 0.294 e. The Morgan fingerprint density at radius 3 is 2.64 bits per heavy atom. The van der Waals surface area contributed by atoms with E-state index in [0.717, 1.165) is 22.6 Å². The van der Waals surface area contributed by atoms with Gasteiger partial charge in [0.2, 0.25) is 0 Å². The van der Waals surface area contributed by atoms with Gasteiger partial charge in [-0.1, -0.05) is 17.7 Å². The first-order valence-corrected chi connectivity index (χ1v) is 4.76. The van der Waals surface area contributed by atoms with E-state index < -0.39 is 0 Å². The van der Waals surface area contributed by atoms with Crippen molar-refractivity contribution in [1.82, 2.24) is 0 Å². The maximum Gasteiger partial charge on any atom is 0.170 e. The fraction of sp³-hybridized carbons (Fsp3) is 0.333. The van der Waals surface area contributed by atoms with Gasteiger partial charge in [-0.15, -0.1) is 0 Å². The van der Waals surface area contributed by atoms with Crippen molar-refractivity contribution >= 4 is 11.5 Å². The van der Waals surface area contributed by atoms with Gasteiger partial charge in [0.05, 0.1) is 11.6 Å². The zero-order chi connectivity index (χ0) is 10.3. The fourth-order valence-electron chi connectivity index (χ4n) is 1.90. The molecule has 0 bridgehead atoms. The molecule has 0 amide bonds. The highest BCUT2D eigenvalue weighted by Crippen LogP contribution is 2.28. The molecule has 1 aliphatic heterocycles. The van der Waals surface area contributed by atoms with Crippen LogP contribution in [0.1, 0.15) is 20.8 Å². The Morgan fingerprint density at radius 2 is 1.93 bits per heavy atom. The Kier molecular flexibility index (Phi) is 1.99. The Bertz CT molecular complexity index is 422. The Hall–Kier alpha value is -1.44. The van der Waals surface area contributed by atoms with E-state index >= 15 is 0 Å². The zero-order valence-corrected chi connectivity index (χ0v) is 8.66. The van der Waals surface area contributed by atoms with Crippen molar-refractivity contribution in [3.05, 3.63) is 35.1 Å². The van der Waals surface area contributed by atoms with Crippen LogP contribution in [0.5, 0.6) is 0 Å². The third-order valence-corrected chi connectivity index (χ3v) is 2.66. The molecule has 1 aliphatic carbocycles. The van der Waals surface area contributed by atoms with E-state index in [1.54, 1.807) is 6.08 Å². The molecule has 1 unspecified atom stereocenters. The van der Waals surface area contributed by atoms with Crippen LogP contribution in [0.3, 0.4) is 0 Å². The molecule has 72 valence electrons. The molecule has 2 rings (SSSR count). The second-order valence-electron chi connectivity index (χ2n) is 3.88. The van der Waals surface area contributed by atoms with Crippen molar-refractivity contribution in [2.24, 2.45) is 10.9 Å². The molecule has 0 N–H and O–H groups in total. The van der Waals surface area contributed by atoms with Crippen molar-refractivity contribution in [2.45, 2.75) is 20.8 Å². The van der Waals surface area contributed by atoms with Gasteiger partial charge in [-0.05, 0) is 26.3 Å². The average Bonchev–Trinajstić information content (AvgIpc) is 2.10. The molecule has 0 aromatic rings. The van der Waals surface area contributed by atoms with Gasteiger partial charge < -0.3 is 0 Å². The molecule has 1 heterocycles. The lowest BCUT2D eigenvalue weighted by Gasteiger charge is -2.24. The Morgan fingerprint density at radius 1 is 1.21 bits per heavy atom. The minimum atomic E-state index is -0.122. The van der Waals surface area contributed by atoms with Crippen LogP contribution in [0.2, 0.25) is 0 Å². The van der Waals surface area contributed by atoms with Gasteiger partial charge in [0.1, 0.15) is 0 Å². The van der Waals surface area contributed by atoms with E-state index in [0.29, 0.717) is 0 Å². The molecular weight excluding hydrogens is 174 g/mol. The molecule has 0 aromatic carbocycles. The van der Waals surface area contributed by atoms with Crippen molar-refractivity contribution in [1.29, 1.82) is 0 Å². The molecule has 0 saturated carbocycles. The predicted octanol–water partition coefficient (Wildman–Crippen LogP) is 2.44. The number of aliphatic imine (C=N–C) groups is 1. The maximum atomic E-state index is 11.8. The fourth-order valence-corrected chi connectivity index (χ4v) is 1.90. The van der Waals surface area contributed by atoms with E-state index in [2.05, 4.69) is 4.99 Å². The van der Waals surface area contributed by atoms with Gasteiger partial charge in [-0.25, -0.2) is 0 Å². The second-order valence-corrected chi connectivity index (χ2v) is 3.88. The predicted molar refractivity (Wildman–Crippen MR) is 57.2 cm³/mol. The number of nitrogens with zero attached hydrogens (tertiary/aromatic N) is 1. The summed E-state index contributed by atoms with van der Waals surface area (Å²) in [6.07, 6.45) is 5.66. The molecule has 0 spiro atoms. The number of allylic oxidation sites excluding steroid dienone is 6. The molecule has 0 radical (unpaired) electrons. The summed E-state index contributed by atoms with van der Waals surface area (Å²) in [5.74, 6) is 0.0393. The molecule has 0 fully saturated rings. The van der Waals surface area contributed by atoms with Gasteiger partial charge in [0.15, 0.2) is 5.78 Å². The third-order valence-electron chi connectivity index (χ3n) is 2.66. The summed E-state index contributed by atoms with van der Waals surface area (Å²) < 4.78 is 0. The van der Waals surface area contributed by atoms with Crippen molar-refractivity contribution < 1.29 is 4.79 Å². The normalized spacial score (nSPS) is 25.9. The smallest absolute Gasteiger partial charge is 0.170 e. The van der Waals surface area contributed by atoms with Crippen molar-refractivity contribution in [2.75, 3.05) is 0 Å². The van der Waals surface area contributed by atoms with E-state index in [1.807, 2.05) is 32.9 Å². The summed E-state index contributed by atoms with van der Waals surface area (Å²) in [6.45, 7) is 5.85. The van der Waals surface area contributed by atoms with Gasteiger partial charge in [-0.2, -0.15) is 0 Å². The monoisotopic (exact) mass is 187 g/mol. The molecular formula is C12H13NO. The summed E-state index contributed by atoms with van der Waals surface area (Å²) in [5.41, 5.74) is 3.92. The van der Waals surface area contributed by atoms with Gasteiger partial charge in [0.25, 0.3) is 0 Å². The van der Waals surface area contributed by atoms with Crippen LogP contribution in [0.15, 0.2) is 40.1 Å². The molecule has 0 saturated heterocycles. The van der Waals surface area contributed by atoms with Gasteiger partial charge >= 0.3 is 0 Å². The number of hydrogen-bond donors (Lipinski definition) is 0. The first kappa shape index (κ1) is 9.13. The lowest BCUT2D eigenvalue weighted by Crippen LogP contribution is -2.29. The highest BCUT2D eigenvalue weighted by molar-refractivity contribution is 6.20. The first-order valence-electron chi connectivity index (χ1n) is 4.76. The summed E-state index contributed by atoms with van der Waals surface area (Å²) in [7, 11) is 0. The topological polar surface area (TPSA) is 29.4 Å². The summed E-state index contributed by atoms with van der Waals surface area (Å²) in [5, 5.41) is 0. The zero-order valence-electron chi connectivity index (χ0n) is 8.66. The van der Waals surface area contributed by atoms with Crippen LogP contribution >= 0.6 is 0 Å². The van der Waals surface area contributed by atoms with Gasteiger partial charge in [-0.3, -0.25) is 9.79 Å². The number of carbonyl (C=O) groups excluding carboxylic acids is 1. The number of ketones is 1. The number of carbonyl (C=O) groups is 1. The van der Waals surface area contributed by atoms with E-state index in [9.17, 15) is 4.79 Å². The van der Waals surface area contributed by atoms with E-state index in [-0.39, 0.29) is 11.7 Å². The van der Waals surface area contributed by atoms with Crippen LogP contribution in [0.25, 0.3) is 0 Å². The highest BCUT2D eigenvalue weighted by atomic mass is 16.1. The summed E-state index contributed by atoms with van der Waals surface area (Å²) in [6, 6.07) is 0. The summed E-state index contributed by atoms with van der Waals surface area (Å²) in [4.78, 5) is 16.2. The quantitative estimate of drug-likeness (QED) is 0.572. The van der Waals surface area contributed by atoms with E-state index in [1.165, 1.54) is 0 Å². The number of rotatable bonds is 0. The molecule has 14 heavy (non-hydrogen) atoms. The molecule has 0 aromatic heterocycles. The molecule has 2 nitrogen and oxygen atoms in total. The third kappa shape index (κ3) is 1.27. The molecule has 1 atom stereocenters. The van der Waals surface area contributed by atoms with Crippen LogP contribution in [0.4, 0.5) is 0 Å². The molecule has 2 heteroatoms. The first-order chi connectivity index (χ1) is 6.59. The Balaban J connectivity index is 2.55. The van der Waals surface area contributed by atoms with Crippen LogP contribution < -0.4 is 0 Å². The lowest BCUT2D eigenvalue weighted by molar-refractivity contribution is -0.115. The highest BCUT2D eigenvalue weighted by Gasteiger charge is 2.30. The van der Waals surface area contributed by atoms with E-state index in [4.69, 9.17) is 0 Å². The Labute approximate surface area is 83.7 Å². The maximum absolute atomic E-state index is 11.8. The number of fused-ring (bicyclic) bond motifs is 1. The second kappa shape index (κ2) is 3.05. The minimum absolute atomic E-state index is 0.122. The van der Waals surface area contributed by atoms with Gasteiger partial charge in [0, 0.05) is 11.8 Å². The minimum Gasteiger partial charge on any atom is -0.294 e. The van der Waals surface area contributed by atoms with Crippen molar-refractivity contribution in [3.63, 3.8) is 0 Å². The lowest BCUT2D eigenvalue weighted by atomic mass is 9.82. The average molecular weight is 187 g/mol.